The predicted octanol–water partition coefficient (Wildman–Crippen LogP) is 1.29. The van der Waals surface area contributed by atoms with Gasteiger partial charge in [-0.1, -0.05) is 0 Å². The Balaban J connectivity index is 1.95. The Morgan fingerprint density at radius 2 is 2.00 bits per heavy atom. The maximum atomic E-state index is 13.0. The number of carbonyl (C=O) groups excluding carboxylic acids is 1. The van der Waals surface area contributed by atoms with Crippen molar-refractivity contribution in [1.82, 2.24) is 14.5 Å². The third kappa shape index (κ3) is 5.49. The summed E-state index contributed by atoms with van der Waals surface area (Å²) in [5.41, 5.74) is 0. The van der Waals surface area contributed by atoms with Gasteiger partial charge in [-0.25, -0.2) is 12.8 Å². The highest BCUT2D eigenvalue weighted by atomic mass is 32.2. The van der Waals surface area contributed by atoms with E-state index >= 15 is 0 Å². The molecule has 25 heavy (non-hydrogen) atoms. The lowest BCUT2D eigenvalue weighted by Gasteiger charge is -2.31. The fourth-order valence-electron chi connectivity index (χ4n) is 2.88. The molecule has 2 rings (SSSR count). The first kappa shape index (κ1) is 19.8. The zero-order chi connectivity index (χ0) is 18.4. The number of halogens is 1. The number of nitrogens with zero attached hydrogens (tertiary/aromatic N) is 2. The van der Waals surface area contributed by atoms with Crippen molar-refractivity contribution in [2.45, 2.75) is 24.2 Å². The largest absolute Gasteiger partial charge is 0.356 e. The summed E-state index contributed by atoms with van der Waals surface area (Å²) >= 11 is 0. The molecule has 1 amide bonds. The number of hydrogen-bond acceptors (Lipinski definition) is 4. The Kier molecular flexibility index (Phi) is 6.92. The van der Waals surface area contributed by atoms with Crippen LogP contribution >= 0.6 is 0 Å². The van der Waals surface area contributed by atoms with E-state index in [2.05, 4.69) is 5.32 Å². The molecule has 1 unspecified atom stereocenters. The zero-order valence-electron chi connectivity index (χ0n) is 14.7. The molecule has 1 atom stereocenters. The van der Waals surface area contributed by atoms with Gasteiger partial charge in [-0.05, 0) is 64.2 Å². The smallest absolute Gasteiger partial charge is 0.243 e. The number of piperidine rings is 1. The van der Waals surface area contributed by atoms with E-state index in [0.29, 0.717) is 25.9 Å². The molecule has 1 aromatic carbocycles. The third-order valence-corrected chi connectivity index (χ3v) is 6.17. The molecule has 1 N–H and O–H groups in total. The van der Waals surface area contributed by atoms with Crippen LogP contribution in [0.1, 0.15) is 19.3 Å². The van der Waals surface area contributed by atoms with E-state index in [1.165, 1.54) is 16.4 Å². The number of rotatable bonds is 7. The maximum absolute atomic E-state index is 13.0. The van der Waals surface area contributed by atoms with Gasteiger partial charge in [0.05, 0.1) is 10.8 Å². The summed E-state index contributed by atoms with van der Waals surface area (Å²) in [5, 5.41) is 2.89. The molecule has 0 aromatic heterocycles. The van der Waals surface area contributed by atoms with Crippen LogP contribution in [0, 0.1) is 11.7 Å². The maximum Gasteiger partial charge on any atom is 0.243 e. The molecule has 6 nitrogen and oxygen atoms in total. The number of amides is 1. The van der Waals surface area contributed by atoms with E-state index in [9.17, 15) is 17.6 Å². The van der Waals surface area contributed by atoms with Crippen LogP contribution in [0.3, 0.4) is 0 Å². The number of hydrogen-bond donors (Lipinski definition) is 1. The zero-order valence-corrected chi connectivity index (χ0v) is 15.6. The van der Waals surface area contributed by atoms with Gasteiger partial charge in [0.25, 0.3) is 0 Å². The molecular weight excluding hydrogens is 345 g/mol. The van der Waals surface area contributed by atoms with Crippen LogP contribution < -0.4 is 5.32 Å². The summed E-state index contributed by atoms with van der Waals surface area (Å²) in [5.74, 6) is -0.923. The van der Waals surface area contributed by atoms with Crippen molar-refractivity contribution < 1.29 is 17.6 Å². The molecule has 8 heteroatoms. The van der Waals surface area contributed by atoms with Crippen LogP contribution in [0.5, 0.6) is 0 Å². The van der Waals surface area contributed by atoms with E-state index in [-0.39, 0.29) is 23.3 Å². The van der Waals surface area contributed by atoms with Gasteiger partial charge in [0, 0.05) is 19.6 Å². The van der Waals surface area contributed by atoms with Crippen LogP contribution in [-0.4, -0.2) is 63.8 Å². The molecule has 1 aliphatic rings. The van der Waals surface area contributed by atoms with E-state index in [1.54, 1.807) is 0 Å². The lowest BCUT2D eigenvalue weighted by molar-refractivity contribution is -0.126. The minimum Gasteiger partial charge on any atom is -0.356 e. The molecule has 0 saturated carbocycles. The Hall–Kier alpha value is -1.51. The summed E-state index contributed by atoms with van der Waals surface area (Å²) < 4.78 is 39.7. The SMILES string of the molecule is CN(C)CCCNC(=O)C1CCCN(S(=O)(=O)c2ccc(F)cc2)C1. The molecule has 0 spiro atoms. The van der Waals surface area contributed by atoms with Crippen LogP contribution in [0.4, 0.5) is 4.39 Å². The molecule has 1 aromatic rings. The van der Waals surface area contributed by atoms with Gasteiger partial charge in [0.1, 0.15) is 5.82 Å². The molecule has 0 bridgehead atoms. The minimum absolute atomic E-state index is 0.0564. The van der Waals surface area contributed by atoms with Crippen LogP contribution in [-0.2, 0) is 14.8 Å². The second-order valence-electron chi connectivity index (χ2n) is 6.60. The predicted molar refractivity (Wildman–Crippen MR) is 94.1 cm³/mol. The number of carbonyl (C=O) groups is 1. The van der Waals surface area contributed by atoms with E-state index < -0.39 is 15.8 Å². The summed E-state index contributed by atoms with van der Waals surface area (Å²) in [6.07, 6.45) is 2.16. The van der Waals surface area contributed by atoms with Gasteiger partial charge < -0.3 is 10.2 Å². The number of benzene rings is 1. The lowest BCUT2D eigenvalue weighted by atomic mass is 9.99. The van der Waals surface area contributed by atoms with Gasteiger partial charge in [0.15, 0.2) is 0 Å². The second kappa shape index (κ2) is 8.73. The van der Waals surface area contributed by atoms with Crippen LogP contribution in [0.15, 0.2) is 29.2 Å². The Bertz CT molecular complexity index is 677. The van der Waals surface area contributed by atoms with Gasteiger partial charge in [-0.3, -0.25) is 4.79 Å². The van der Waals surface area contributed by atoms with Crippen molar-refractivity contribution in [3.63, 3.8) is 0 Å². The van der Waals surface area contributed by atoms with Crippen LogP contribution in [0.2, 0.25) is 0 Å². The Labute approximate surface area is 149 Å². The van der Waals surface area contributed by atoms with E-state index in [1.807, 2.05) is 19.0 Å². The van der Waals surface area contributed by atoms with Crippen molar-refractivity contribution in [3.05, 3.63) is 30.1 Å². The molecule has 1 saturated heterocycles. The highest BCUT2D eigenvalue weighted by molar-refractivity contribution is 7.89. The number of nitrogens with one attached hydrogen (secondary N) is 1. The lowest BCUT2D eigenvalue weighted by Crippen LogP contribution is -2.45. The normalized spacial score (nSPS) is 19.1. The van der Waals surface area contributed by atoms with Crippen LogP contribution in [0.25, 0.3) is 0 Å². The highest BCUT2D eigenvalue weighted by Gasteiger charge is 2.33. The monoisotopic (exact) mass is 371 g/mol. The highest BCUT2D eigenvalue weighted by Crippen LogP contribution is 2.24. The summed E-state index contributed by atoms with van der Waals surface area (Å²) in [6.45, 7) is 2.01. The average molecular weight is 371 g/mol. The van der Waals surface area contributed by atoms with Gasteiger partial charge >= 0.3 is 0 Å². The summed E-state index contributed by atoms with van der Waals surface area (Å²) in [4.78, 5) is 14.4. The number of sulfonamides is 1. The second-order valence-corrected chi connectivity index (χ2v) is 8.54. The molecule has 140 valence electrons. The minimum atomic E-state index is -3.70. The van der Waals surface area contributed by atoms with Crippen molar-refractivity contribution in [1.29, 1.82) is 0 Å². The average Bonchev–Trinajstić information content (AvgIpc) is 2.59. The molecule has 0 radical (unpaired) electrons. The van der Waals surface area contributed by atoms with Crippen molar-refractivity contribution in [3.8, 4) is 0 Å². The molecular formula is C17H26FN3O3S. The standard InChI is InChI=1S/C17H26FN3O3S/c1-20(2)11-4-10-19-17(22)14-5-3-12-21(13-14)25(23,24)16-8-6-15(18)7-9-16/h6-9,14H,3-5,10-13H2,1-2H3,(H,19,22). The van der Waals surface area contributed by atoms with Gasteiger partial charge in [0.2, 0.25) is 15.9 Å². The first-order chi connectivity index (χ1) is 11.8. The fourth-order valence-corrected chi connectivity index (χ4v) is 4.41. The van der Waals surface area contributed by atoms with E-state index in [4.69, 9.17) is 0 Å². The summed E-state index contributed by atoms with van der Waals surface area (Å²) in [6, 6.07) is 4.78. The molecule has 1 heterocycles. The third-order valence-electron chi connectivity index (χ3n) is 4.29. The van der Waals surface area contributed by atoms with Crippen molar-refractivity contribution in [2.75, 3.05) is 40.3 Å². The first-order valence-electron chi connectivity index (χ1n) is 8.49. The quantitative estimate of drug-likeness (QED) is 0.734. The Morgan fingerprint density at radius 3 is 2.64 bits per heavy atom. The van der Waals surface area contributed by atoms with Crippen molar-refractivity contribution in [2.24, 2.45) is 5.92 Å². The molecule has 1 fully saturated rings. The topological polar surface area (TPSA) is 69.7 Å². The first-order valence-corrected chi connectivity index (χ1v) is 9.93. The summed E-state index contributed by atoms with van der Waals surface area (Å²) in [7, 11) is 0.245. The Morgan fingerprint density at radius 1 is 1.32 bits per heavy atom. The molecule has 0 aliphatic carbocycles. The molecule has 1 aliphatic heterocycles. The van der Waals surface area contributed by atoms with Gasteiger partial charge in [-0.15, -0.1) is 0 Å². The van der Waals surface area contributed by atoms with Gasteiger partial charge in [-0.2, -0.15) is 4.31 Å². The fraction of sp³-hybridized carbons (Fsp3) is 0.588. The van der Waals surface area contributed by atoms with E-state index in [0.717, 1.165) is 25.1 Å². The van der Waals surface area contributed by atoms with Crippen molar-refractivity contribution >= 4 is 15.9 Å².